The Morgan fingerprint density at radius 3 is 2.48 bits per heavy atom. The van der Waals surface area contributed by atoms with E-state index in [2.05, 4.69) is 24.0 Å². The highest BCUT2D eigenvalue weighted by Gasteiger charge is 2.23. The number of benzene rings is 2. The van der Waals surface area contributed by atoms with Crippen LogP contribution in [0.3, 0.4) is 0 Å². The SMILES string of the molecule is C=CCC(=O)N1CCC[C@H](CNC(=O)c2ccc(-c3ccccc3)cc2)C1. The molecular weight excluding hydrogens is 336 g/mol. The zero-order valence-electron chi connectivity index (χ0n) is 15.6. The van der Waals surface area contributed by atoms with Crippen molar-refractivity contribution >= 4 is 11.8 Å². The summed E-state index contributed by atoms with van der Waals surface area (Å²) < 4.78 is 0. The molecule has 0 aromatic heterocycles. The summed E-state index contributed by atoms with van der Waals surface area (Å²) in [5.41, 5.74) is 2.89. The van der Waals surface area contributed by atoms with Gasteiger partial charge in [-0.1, -0.05) is 48.5 Å². The average molecular weight is 362 g/mol. The van der Waals surface area contributed by atoms with E-state index in [9.17, 15) is 9.59 Å². The smallest absolute Gasteiger partial charge is 0.251 e. The number of nitrogens with one attached hydrogen (secondary N) is 1. The Balaban J connectivity index is 1.53. The molecule has 0 saturated carbocycles. The van der Waals surface area contributed by atoms with E-state index in [1.54, 1.807) is 6.08 Å². The fourth-order valence-corrected chi connectivity index (χ4v) is 3.49. The van der Waals surface area contributed by atoms with Gasteiger partial charge in [-0.25, -0.2) is 0 Å². The number of nitrogens with zero attached hydrogens (tertiary/aromatic N) is 1. The zero-order valence-corrected chi connectivity index (χ0v) is 15.6. The molecule has 1 aliphatic rings. The molecule has 0 radical (unpaired) electrons. The number of amides is 2. The first kappa shape index (κ1) is 18.9. The Hall–Kier alpha value is -2.88. The maximum Gasteiger partial charge on any atom is 0.251 e. The zero-order chi connectivity index (χ0) is 19.1. The molecule has 140 valence electrons. The minimum Gasteiger partial charge on any atom is -0.352 e. The van der Waals surface area contributed by atoms with E-state index in [4.69, 9.17) is 0 Å². The largest absolute Gasteiger partial charge is 0.352 e. The molecule has 2 aromatic carbocycles. The molecule has 1 N–H and O–H groups in total. The molecule has 1 heterocycles. The van der Waals surface area contributed by atoms with Crippen LogP contribution < -0.4 is 5.32 Å². The van der Waals surface area contributed by atoms with Gasteiger partial charge in [0.15, 0.2) is 0 Å². The topological polar surface area (TPSA) is 49.4 Å². The second kappa shape index (κ2) is 9.17. The second-order valence-electron chi connectivity index (χ2n) is 6.99. The summed E-state index contributed by atoms with van der Waals surface area (Å²) in [6.45, 7) is 5.73. The summed E-state index contributed by atoms with van der Waals surface area (Å²) in [7, 11) is 0. The Kier molecular flexibility index (Phi) is 6.42. The number of rotatable bonds is 6. The highest BCUT2D eigenvalue weighted by Crippen LogP contribution is 2.20. The average Bonchev–Trinajstić information content (AvgIpc) is 2.73. The number of likely N-dealkylation sites (tertiary alicyclic amines) is 1. The van der Waals surface area contributed by atoms with Crippen LogP contribution in [-0.4, -0.2) is 36.3 Å². The lowest BCUT2D eigenvalue weighted by atomic mass is 9.97. The summed E-state index contributed by atoms with van der Waals surface area (Å²) in [4.78, 5) is 26.4. The van der Waals surface area contributed by atoms with Crippen LogP contribution in [0.5, 0.6) is 0 Å². The lowest BCUT2D eigenvalue weighted by Crippen LogP contribution is -2.43. The van der Waals surface area contributed by atoms with E-state index in [1.807, 2.05) is 47.4 Å². The van der Waals surface area contributed by atoms with Gasteiger partial charge in [0.1, 0.15) is 0 Å². The molecule has 0 bridgehead atoms. The van der Waals surface area contributed by atoms with Gasteiger partial charge in [0.25, 0.3) is 5.91 Å². The minimum atomic E-state index is -0.0656. The number of hydrogen-bond donors (Lipinski definition) is 1. The summed E-state index contributed by atoms with van der Waals surface area (Å²) in [5.74, 6) is 0.363. The van der Waals surface area contributed by atoms with Crippen molar-refractivity contribution in [1.82, 2.24) is 10.2 Å². The quantitative estimate of drug-likeness (QED) is 0.793. The van der Waals surface area contributed by atoms with Gasteiger partial charge in [-0.2, -0.15) is 0 Å². The van der Waals surface area contributed by atoms with Crippen LogP contribution >= 0.6 is 0 Å². The number of carbonyl (C=O) groups is 2. The van der Waals surface area contributed by atoms with Crippen molar-refractivity contribution in [3.05, 3.63) is 72.8 Å². The molecular formula is C23H26N2O2. The van der Waals surface area contributed by atoms with E-state index < -0.39 is 0 Å². The highest BCUT2D eigenvalue weighted by atomic mass is 16.2. The molecule has 2 amide bonds. The molecule has 4 nitrogen and oxygen atoms in total. The fourth-order valence-electron chi connectivity index (χ4n) is 3.49. The van der Waals surface area contributed by atoms with Gasteiger partial charge in [0.2, 0.25) is 5.91 Å². The van der Waals surface area contributed by atoms with Crippen molar-refractivity contribution in [2.24, 2.45) is 5.92 Å². The van der Waals surface area contributed by atoms with Crippen LogP contribution in [0.1, 0.15) is 29.6 Å². The van der Waals surface area contributed by atoms with Crippen LogP contribution in [0, 0.1) is 5.92 Å². The van der Waals surface area contributed by atoms with Crippen molar-refractivity contribution in [2.45, 2.75) is 19.3 Å². The van der Waals surface area contributed by atoms with Crippen molar-refractivity contribution in [1.29, 1.82) is 0 Å². The first-order valence-electron chi connectivity index (χ1n) is 9.49. The van der Waals surface area contributed by atoms with E-state index in [0.717, 1.165) is 30.5 Å². The lowest BCUT2D eigenvalue weighted by molar-refractivity contribution is -0.132. The van der Waals surface area contributed by atoms with Gasteiger partial charge in [-0.05, 0) is 42.0 Å². The Morgan fingerprint density at radius 2 is 1.78 bits per heavy atom. The van der Waals surface area contributed by atoms with Crippen molar-refractivity contribution < 1.29 is 9.59 Å². The van der Waals surface area contributed by atoms with Gasteiger partial charge in [0, 0.05) is 31.6 Å². The fraction of sp³-hybridized carbons (Fsp3) is 0.304. The monoisotopic (exact) mass is 362 g/mol. The molecule has 0 unspecified atom stereocenters. The van der Waals surface area contributed by atoms with E-state index in [0.29, 0.717) is 31.0 Å². The first-order valence-corrected chi connectivity index (χ1v) is 9.49. The van der Waals surface area contributed by atoms with Crippen LogP contribution in [0.25, 0.3) is 11.1 Å². The third-order valence-corrected chi connectivity index (χ3v) is 5.00. The van der Waals surface area contributed by atoms with Crippen LogP contribution in [0.4, 0.5) is 0 Å². The Bertz CT molecular complexity index is 784. The molecule has 1 fully saturated rings. The van der Waals surface area contributed by atoms with Crippen LogP contribution in [0.2, 0.25) is 0 Å². The third kappa shape index (κ3) is 5.07. The highest BCUT2D eigenvalue weighted by molar-refractivity contribution is 5.94. The van der Waals surface area contributed by atoms with Crippen LogP contribution in [0.15, 0.2) is 67.3 Å². The first-order chi connectivity index (χ1) is 13.2. The third-order valence-electron chi connectivity index (χ3n) is 5.00. The molecule has 0 spiro atoms. The lowest BCUT2D eigenvalue weighted by Gasteiger charge is -2.32. The molecule has 2 aromatic rings. The van der Waals surface area contributed by atoms with Gasteiger partial charge in [-0.15, -0.1) is 6.58 Å². The summed E-state index contributed by atoms with van der Waals surface area (Å²) >= 11 is 0. The normalized spacial score (nSPS) is 16.6. The Labute approximate surface area is 160 Å². The molecule has 1 saturated heterocycles. The number of hydrogen-bond acceptors (Lipinski definition) is 2. The Morgan fingerprint density at radius 1 is 1.07 bits per heavy atom. The molecule has 0 aliphatic carbocycles. The number of carbonyl (C=O) groups excluding carboxylic acids is 2. The van der Waals surface area contributed by atoms with Crippen molar-refractivity contribution in [3.8, 4) is 11.1 Å². The molecule has 1 atom stereocenters. The molecule has 1 aliphatic heterocycles. The predicted octanol–water partition coefficient (Wildman–Crippen LogP) is 3.90. The minimum absolute atomic E-state index is 0.0656. The molecule has 3 rings (SSSR count). The van der Waals surface area contributed by atoms with Crippen molar-refractivity contribution in [2.75, 3.05) is 19.6 Å². The summed E-state index contributed by atoms with van der Waals surface area (Å²) in [6.07, 6.45) is 4.04. The maximum absolute atomic E-state index is 12.4. The van der Waals surface area contributed by atoms with Gasteiger partial charge >= 0.3 is 0 Å². The van der Waals surface area contributed by atoms with Crippen LogP contribution in [-0.2, 0) is 4.79 Å². The van der Waals surface area contributed by atoms with Gasteiger partial charge in [0.05, 0.1) is 0 Å². The van der Waals surface area contributed by atoms with Crippen molar-refractivity contribution in [3.63, 3.8) is 0 Å². The van der Waals surface area contributed by atoms with E-state index >= 15 is 0 Å². The molecule has 27 heavy (non-hydrogen) atoms. The summed E-state index contributed by atoms with van der Waals surface area (Å²) in [5, 5.41) is 3.02. The van der Waals surface area contributed by atoms with Gasteiger partial charge < -0.3 is 10.2 Å². The summed E-state index contributed by atoms with van der Waals surface area (Å²) in [6, 6.07) is 17.8. The van der Waals surface area contributed by atoms with E-state index in [-0.39, 0.29) is 11.8 Å². The second-order valence-corrected chi connectivity index (χ2v) is 6.99. The molecule has 4 heteroatoms. The predicted molar refractivity (Wildman–Crippen MR) is 108 cm³/mol. The number of piperidine rings is 1. The maximum atomic E-state index is 12.4. The van der Waals surface area contributed by atoms with E-state index in [1.165, 1.54) is 0 Å². The van der Waals surface area contributed by atoms with Gasteiger partial charge in [-0.3, -0.25) is 9.59 Å². The standard InChI is InChI=1S/C23H26N2O2/c1-2-7-22(26)25-15-6-8-18(17-25)16-24-23(27)21-13-11-20(12-14-21)19-9-4-3-5-10-19/h2-5,9-14,18H,1,6-8,15-17H2,(H,24,27)/t18-/m1/s1.